The summed E-state index contributed by atoms with van der Waals surface area (Å²) < 4.78 is 9.11. The van der Waals surface area contributed by atoms with Crippen molar-refractivity contribution in [2.24, 2.45) is 7.05 Å². The van der Waals surface area contributed by atoms with Crippen LogP contribution < -0.4 is 15.4 Å². The molecular weight excluding hydrogens is 356 g/mol. The smallest absolute Gasteiger partial charge is 0.223 e. The number of nitrogens with zero attached hydrogens (tertiary/aromatic N) is 7. The van der Waals surface area contributed by atoms with Crippen LogP contribution in [0.25, 0.3) is 16.6 Å². The van der Waals surface area contributed by atoms with E-state index in [0.717, 1.165) is 43.0 Å². The van der Waals surface area contributed by atoms with Gasteiger partial charge in [-0.15, -0.1) is 5.10 Å². The number of anilines is 2. The number of nitrogens with two attached hydrogens (primary N) is 1. The van der Waals surface area contributed by atoms with Crippen LogP contribution in [0.2, 0.25) is 0 Å². The lowest BCUT2D eigenvalue weighted by Crippen LogP contribution is -2.35. The zero-order valence-electron chi connectivity index (χ0n) is 15.9. The van der Waals surface area contributed by atoms with Crippen molar-refractivity contribution >= 4 is 28.3 Å². The first-order valence-electron chi connectivity index (χ1n) is 9.36. The Morgan fingerprint density at radius 2 is 2.14 bits per heavy atom. The molecule has 2 N–H and O–H groups in total. The van der Waals surface area contributed by atoms with Gasteiger partial charge in [0.05, 0.1) is 19.6 Å². The molecule has 1 fully saturated rings. The summed E-state index contributed by atoms with van der Waals surface area (Å²) in [5, 5.41) is 5.59. The quantitative estimate of drug-likeness (QED) is 0.582. The van der Waals surface area contributed by atoms with E-state index in [9.17, 15) is 0 Å². The first-order valence-corrected chi connectivity index (χ1v) is 9.36. The number of rotatable bonds is 3. The second-order valence-electron chi connectivity index (χ2n) is 7.18. The van der Waals surface area contributed by atoms with E-state index >= 15 is 0 Å². The number of aryl methyl sites for hydroxylation is 1. The molecule has 1 aliphatic heterocycles. The Bertz CT molecular complexity index is 1160. The van der Waals surface area contributed by atoms with Crippen molar-refractivity contribution in [3.8, 4) is 5.75 Å². The maximum atomic E-state index is 6.18. The molecule has 4 aromatic rings. The molecule has 9 heteroatoms. The molecule has 4 heterocycles. The molecule has 144 valence electrons. The molecule has 1 aliphatic rings. The third-order valence-corrected chi connectivity index (χ3v) is 5.43. The lowest BCUT2D eigenvalue weighted by Gasteiger charge is -2.32. The fraction of sp³-hybridized carbons (Fsp3) is 0.368. The number of imidazole rings is 1. The Labute approximate surface area is 161 Å². The van der Waals surface area contributed by atoms with Gasteiger partial charge in [0.15, 0.2) is 11.5 Å². The molecule has 0 spiro atoms. The van der Waals surface area contributed by atoms with Gasteiger partial charge in [0.2, 0.25) is 5.95 Å². The first kappa shape index (κ1) is 16.8. The summed E-state index contributed by atoms with van der Waals surface area (Å²) in [5.41, 5.74) is 7.60. The van der Waals surface area contributed by atoms with Crippen molar-refractivity contribution < 1.29 is 4.74 Å². The Balaban J connectivity index is 1.57. The van der Waals surface area contributed by atoms with Gasteiger partial charge >= 0.3 is 0 Å². The second-order valence-corrected chi connectivity index (χ2v) is 7.18. The van der Waals surface area contributed by atoms with E-state index in [0.29, 0.717) is 22.9 Å². The molecule has 0 aliphatic carbocycles. The standard InChI is InChI=1S/C19H22N8O/c1-25-11-21-9-15(25)26-8-4-5-12(10-26)17-23-18-13-6-3-7-14(28-2)16(13)22-19(20)27(18)24-17/h3,6-7,9,11-12H,4-5,8,10H2,1-2H3,(H2,20,22)/t12-/m1/s1. The number of methoxy groups -OCH3 is 1. The average molecular weight is 378 g/mol. The number of para-hydroxylation sites is 1. The van der Waals surface area contributed by atoms with Gasteiger partial charge in [-0.05, 0) is 25.0 Å². The van der Waals surface area contributed by atoms with E-state index < -0.39 is 0 Å². The highest BCUT2D eigenvalue weighted by Crippen LogP contribution is 2.31. The van der Waals surface area contributed by atoms with Gasteiger partial charge in [-0.25, -0.2) is 15.0 Å². The largest absolute Gasteiger partial charge is 0.494 e. The van der Waals surface area contributed by atoms with Crippen LogP contribution in [-0.4, -0.2) is 49.3 Å². The third-order valence-electron chi connectivity index (χ3n) is 5.43. The molecule has 0 radical (unpaired) electrons. The molecule has 9 nitrogen and oxygen atoms in total. The molecule has 28 heavy (non-hydrogen) atoms. The zero-order chi connectivity index (χ0) is 19.3. The van der Waals surface area contributed by atoms with Crippen LogP contribution >= 0.6 is 0 Å². The van der Waals surface area contributed by atoms with Crippen molar-refractivity contribution in [3.63, 3.8) is 0 Å². The van der Waals surface area contributed by atoms with Gasteiger partial charge in [0.25, 0.3) is 0 Å². The summed E-state index contributed by atoms with van der Waals surface area (Å²) >= 11 is 0. The predicted octanol–water partition coefficient (Wildman–Crippen LogP) is 1.99. The summed E-state index contributed by atoms with van der Waals surface area (Å²) in [7, 11) is 3.64. The minimum atomic E-state index is 0.226. The molecule has 0 saturated carbocycles. The monoisotopic (exact) mass is 378 g/mol. The fourth-order valence-electron chi connectivity index (χ4n) is 4.03. The van der Waals surface area contributed by atoms with Gasteiger partial charge in [-0.1, -0.05) is 6.07 Å². The highest BCUT2D eigenvalue weighted by molar-refractivity contribution is 5.95. The Kier molecular flexibility index (Phi) is 3.81. The summed E-state index contributed by atoms with van der Waals surface area (Å²) in [6, 6.07) is 5.77. The number of piperidine rings is 1. The summed E-state index contributed by atoms with van der Waals surface area (Å²) in [4.78, 5) is 15.9. The molecule has 1 aromatic carbocycles. The summed E-state index contributed by atoms with van der Waals surface area (Å²) in [6.07, 6.45) is 5.85. The molecule has 1 atom stereocenters. The van der Waals surface area contributed by atoms with Crippen LogP contribution in [0.5, 0.6) is 5.75 Å². The van der Waals surface area contributed by atoms with E-state index in [2.05, 4.69) is 14.9 Å². The highest BCUT2D eigenvalue weighted by atomic mass is 16.5. The number of benzene rings is 1. The number of fused-ring (bicyclic) bond motifs is 3. The molecule has 0 amide bonds. The van der Waals surface area contributed by atoms with Crippen LogP contribution in [0, 0.1) is 0 Å². The Morgan fingerprint density at radius 3 is 2.93 bits per heavy atom. The minimum absolute atomic E-state index is 0.226. The summed E-state index contributed by atoms with van der Waals surface area (Å²) in [6.45, 7) is 1.86. The van der Waals surface area contributed by atoms with E-state index in [1.165, 1.54) is 0 Å². The third kappa shape index (κ3) is 2.54. The van der Waals surface area contributed by atoms with Gasteiger partial charge in [0, 0.05) is 31.4 Å². The van der Waals surface area contributed by atoms with Crippen LogP contribution in [0.4, 0.5) is 11.8 Å². The van der Waals surface area contributed by atoms with E-state index in [1.807, 2.05) is 42.3 Å². The molecule has 3 aromatic heterocycles. The van der Waals surface area contributed by atoms with Crippen molar-refractivity contribution in [1.29, 1.82) is 0 Å². The topological polar surface area (TPSA) is 99.4 Å². The van der Waals surface area contributed by atoms with Gasteiger partial charge in [-0.3, -0.25) is 0 Å². The summed E-state index contributed by atoms with van der Waals surface area (Å²) in [5.74, 6) is 3.13. The minimum Gasteiger partial charge on any atom is -0.494 e. The van der Waals surface area contributed by atoms with Gasteiger partial charge in [0.1, 0.15) is 17.1 Å². The van der Waals surface area contributed by atoms with Crippen LogP contribution in [0.1, 0.15) is 24.6 Å². The van der Waals surface area contributed by atoms with Crippen molar-refractivity contribution in [2.75, 3.05) is 30.8 Å². The predicted molar refractivity (Wildman–Crippen MR) is 107 cm³/mol. The van der Waals surface area contributed by atoms with E-state index in [4.69, 9.17) is 20.6 Å². The normalized spacial score (nSPS) is 17.5. The number of nitrogen functional groups attached to an aromatic ring is 1. The maximum absolute atomic E-state index is 6.18. The van der Waals surface area contributed by atoms with E-state index in [1.54, 1.807) is 11.6 Å². The lowest BCUT2D eigenvalue weighted by atomic mass is 9.97. The van der Waals surface area contributed by atoms with Gasteiger partial charge in [-0.2, -0.15) is 4.52 Å². The molecular formula is C19H22N8O. The number of hydrogen-bond donors (Lipinski definition) is 1. The molecule has 0 unspecified atom stereocenters. The average Bonchev–Trinajstić information content (AvgIpc) is 3.35. The van der Waals surface area contributed by atoms with Crippen molar-refractivity contribution in [1.82, 2.24) is 29.1 Å². The second kappa shape index (κ2) is 6.36. The number of ether oxygens (including phenoxy) is 1. The van der Waals surface area contributed by atoms with Crippen molar-refractivity contribution in [3.05, 3.63) is 36.5 Å². The van der Waals surface area contributed by atoms with Crippen LogP contribution in [0.3, 0.4) is 0 Å². The highest BCUT2D eigenvalue weighted by Gasteiger charge is 2.27. The molecule has 0 bridgehead atoms. The van der Waals surface area contributed by atoms with Crippen LogP contribution in [-0.2, 0) is 7.05 Å². The SMILES string of the molecule is COc1cccc2c1nc(N)n1nc([C@@H]3CCCN(c4cncn4C)C3)nc21. The van der Waals surface area contributed by atoms with Gasteiger partial charge < -0.3 is 19.9 Å². The molecule has 1 saturated heterocycles. The van der Waals surface area contributed by atoms with Crippen LogP contribution in [0.15, 0.2) is 30.7 Å². The molecule has 5 rings (SSSR count). The zero-order valence-corrected chi connectivity index (χ0v) is 15.9. The number of hydrogen-bond acceptors (Lipinski definition) is 7. The number of aromatic nitrogens is 6. The lowest BCUT2D eigenvalue weighted by molar-refractivity contribution is 0.419. The van der Waals surface area contributed by atoms with E-state index in [-0.39, 0.29) is 5.92 Å². The first-order chi connectivity index (χ1) is 13.7. The Hall–Kier alpha value is -3.36. The fourth-order valence-corrected chi connectivity index (χ4v) is 4.03. The maximum Gasteiger partial charge on any atom is 0.223 e. The Morgan fingerprint density at radius 1 is 1.25 bits per heavy atom. The van der Waals surface area contributed by atoms with Crippen molar-refractivity contribution in [2.45, 2.75) is 18.8 Å².